The van der Waals surface area contributed by atoms with Crippen molar-refractivity contribution in [3.05, 3.63) is 65.6 Å². The fourth-order valence-electron chi connectivity index (χ4n) is 4.00. The molecule has 0 fully saturated rings. The van der Waals surface area contributed by atoms with Gasteiger partial charge in [0.2, 0.25) is 5.95 Å². The lowest BCUT2D eigenvalue weighted by molar-refractivity contribution is 0.258. The van der Waals surface area contributed by atoms with Gasteiger partial charge in [0, 0.05) is 18.3 Å². The van der Waals surface area contributed by atoms with Crippen LogP contribution in [0.1, 0.15) is 22.9 Å². The molecule has 1 aliphatic heterocycles. The number of nitrogens with two attached hydrogens (primary N) is 1. The molecule has 7 heteroatoms. The van der Waals surface area contributed by atoms with Crippen LogP contribution in [0, 0.1) is 0 Å². The largest absolute Gasteiger partial charge is 0.493 e. The molecule has 0 radical (unpaired) electrons. The second-order valence-electron chi connectivity index (χ2n) is 8.05. The molecule has 2 aromatic carbocycles. The first-order valence-corrected chi connectivity index (χ1v) is 10.0. The summed E-state index contributed by atoms with van der Waals surface area (Å²) in [6, 6.07) is 14.4. The molecule has 2 aromatic heterocycles. The molecule has 5 rings (SSSR count). The van der Waals surface area contributed by atoms with Crippen LogP contribution in [0.4, 0.5) is 5.95 Å². The Hall–Kier alpha value is -3.45. The van der Waals surface area contributed by atoms with E-state index in [-0.39, 0.29) is 11.9 Å². The van der Waals surface area contributed by atoms with Gasteiger partial charge in [-0.2, -0.15) is 0 Å². The Kier molecular flexibility index (Phi) is 4.59. The van der Waals surface area contributed by atoms with Crippen LogP contribution in [0.15, 0.2) is 48.7 Å². The minimum absolute atomic E-state index is 0.192. The van der Waals surface area contributed by atoms with E-state index in [1.165, 1.54) is 11.1 Å². The second kappa shape index (κ2) is 7.42. The van der Waals surface area contributed by atoms with Crippen molar-refractivity contribution in [1.29, 1.82) is 0 Å². The number of rotatable bonds is 4. The van der Waals surface area contributed by atoms with Crippen molar-refractivity contribution in [2.24, 2.45) is 0 Å². The SMILES string of the molecule is CN(C)Cc1ccc2c(c1)CC(c1nc3ccc(-c4ccnc(N)n4)cc3[nH]1)CO2. The minimum Gasteiger partial charge on any atom is -0.493 e. The average Bonchev–Trinajstić information content (AvgIpc) is 3.16. The van der Waals surface area contributed by atoms with Crippen molar-refractivity contribution >= 4 is 17.0 Å². The summed E-state index contributed by atoms with van der Waals surface area (Å²) in [7, 11) is 4.16. The van der Waals surface area contributed by atoms with Crippen molar-refractivity contribution in [2.75, 3.05) is 26.4 Å². The normalized spacial score (nSPS) is 15.9. The predicted molar refractivity (Wildman–Crippen MR) is 117 cm³/mol. The predicted octanol–water partition coefficient (Wildman–Crippen LogP) is 3.38. The van der Waals surface area contributed by atoms with E-state index >= 15 is 0 Å². The third-order valence-electron chi connectivity index (χ3n) is 5.39. The number of hydrogen-bond acceptors (Lipinski definition) is 6. The highest BCUT2D eigenvalue weighted by Gasteiger charge is 2.24. The van der Waals surface area contributed by atoms with Gasteiger partial charge >= 0.3 is 0 Å². The number of imidazole rings is 1. The Labute approximate surface area is 174 Å². The lowest BCUT2D eigenvalue weighted by atomic mass is 9.94. The van der Waals surface area contributed by atoms with Crippen LogP contribution < -0.4 is 10.5 Å². The number of nitrogens with zero attached hydrogens (tertiary/aromatic N) is 4. The van der Waals surface area contributed by atoms with Gasteiger partial charge in [-0.3, -0.25) is 0 Å². The van der Waals surface area contributed by atoms with E-state index in [0.717, 1.165) is 46.8 Å². The van der Waals surface area contributed by atoms with Crippen LogP contribution in [0.25, 0.3) is 22.3 Å². The average molecular weight is 400 g/mol. The highest BCUT2D eigenvalue weighted by molar-refractivity contribution is 5.81. The number of H-pyrrole nitrogens is 1. The molecule has 0 saturated carbocycles. The fourth-order valence-corrected chi connectivity index (χ4v) is 4.00. The van der Waals surface area contributed by atoms with E-state index < -0.39 is 0 Å². The van der Waals surface area contributed by atoms with Gasteiger partial charge in [0.05, 0.1) is 29.3 Å². The summed E-state index contributed by atoms with van der Waals surface area (Å²) < 4.78 is 6.05. The topological polar surface area (TPSA) is 93.0 Å². The first-order valence-electron chi connectivity index (χ1n) is 10.0. The number of aromatic nitrogens is 4. The van der Waals surface area contributed by atoms with Crippen LogP contribution in [0.5, 0.6) is 5.75 Å². The van der Waals surface area contributed by atoms with Crippen molar-refractivity contribution < 1.29 is 4.74 Å². The maximum atomic E-state index is 6.05. The second-order valence-corrected chi connectivity index (χ2v) is 8.05. The molecular weight excluding hydrogens is 376 g/mol. The molecule has 152 valence electrons. The summed E-state index contributed by atoms with van der Waals surface area (Å²) >= 11 is 0. The molecule has 3 heterocycles. The highest BCUT2D eigenvalue weighted by Crippen LogP contribution is 2.33. The monoisotopic (exact) mass is 400 g/mol. The van der Waals surface area contributed by atoms with Gasteiger partial charge in [-0.05, 0) is 55.9 Å². The van der Waals surface area contributed by atoms with Crippen molar-refractivity contribution in [2.45, 2.75) is 18.9 Å². The molecule has 0 saturated heterocycles. The number of hydrogen-bond donors (Lipinski definition) is 2. The van der Waals surface area contributed by atoms with E-state index in [1.807, 2.05) is 18.2 Å². The van der Waals surface area contributed by atoms with Crippen molar-refractivity contribution in [1.82, 2.24) is 24.8 Å². The summed E-state index contributed by atoms with van der Waals surface area (Å²) in [5, 5.41) is 0. The van der Waals surface area contributed by atoms with Crippen LogP contribution >= 0.6 is 0 Å². The van der Waals surface area contributed by atoms with Crippen LogP contribution in [0.2, 0.25) is 0 Å². The van der Waals surface area contributed by atoms with Gasteiger partial charge < -0.3 is 20.4 Å². The van der Waals surface area contributed by atoms with E-state index in [2.05, 4.69) is 58.2 Å². The van der Waals surface area contributed by atoms with E-state index in [9.17, 15) is 0 Å². The third-order valence-corrected chi connectivity index (χ3v) is 5.39. The molecule has 30 heavy (non-hydrogen) atoms. The highest BCUT2D eigenvalue weighted by atomic mass is 16.5. The fraction of sp³-hybridized carbons (Fsp3) is 0.261. The zero-order valence-electron chi connectivity index (χ0n) is 17.1. The quantitative estimate of drug-likeness (QED) is 0.546. The zero-order valence-corrected chi connectivity index (χ0v) is 17.1. The molecule has 4 aromatic rings. The maximum Gasteiger partial charge on any atom is 0.220 e. The molecule has 7 nitrogen and oxygen atoms in total. The number of ether oxygens (including phenoxy) is 1. The van der Waals surface area contributed by atoms with Gasteiger partial charge in [-0.15, -0.1) is 0 Å². The Morgan fingerprint density at radius 3 is 2.87 bits per heavy atom. The van der Waals surface area contributed by atoms with Crippen molar-refractivity contribution in [3.63, 3.8) is 0 Å². The van der Waals surface area contributed by atoms with Crippen LogP contribution in [-0.2, 0) is 13.0 Å². The molecule has 1 unspecified atom stereocenters. The Balaban J connectivity index is 1.43. The standard InChI is InChI=1S/C23H24N6O/c1-29(2)12-14-3-6-21-16(9-14)10-17(13-30-21)22-26-19-5-4-15(11-20(19)27-22)18-7-8-25-23(24)28-18/h3-9,11,17H,10,12-13H2,1-2H3,(H,26,27)(H2,24,25,28). The van der Waals surface area contributed by atoms with E-state index in [1.54, 1.807) is 6.20 Å². The number of aromatic amines is 1. The number of nitrogens with one attached hydrogen (secondary N) is 1. The number of anilines is 1. The molecule has 0 aliphatic carbocycles. The number of fused-ring (bicyclic) bond motifs is 2. The van der Waals surface area contributed by atoms with Gasteiger partial charge in [0.15, 0.2) is 0 Å². The molecule has 0 bridgehead atoms. The van der Waals surface area contributed by atoms with Crippen molar-refractivity contribution in [3.8, 4) is 17.0 Å². The molecule has 1 aliphatic rings. The molecular formula is C23H24N6O. The van der Waals surface area contributed by atoms with Crippen LogP contribution in [-0.4, -0.2) is 45.5 Å². The van der Waals surface area contributed by atoms with Gasteiger partial charge in [-0.1, -0.05) is 18.2 Å². The third kappa shape index (κ3) is 3.59. The minimum atomic E-state index is 0.192. The number of nitrogen functional groups attached to an aromatic ring is 1. The zero-order chi connectivity index (χ0) is 20.7. The summed E-state index contributed by atoms with van der Waals surface area (Å²) in [5.74, 6) is 2.39. The summed E-state index contributed by atoms with van der Waals surface area (Å²) in [6.07, 6.45) is 2.58. The Bertz CT molecular complexity index is 1220. The number of benzene rings is 2. The van der Waals surface area contributed by atoms with Gasteiger partial charge in [0.25, 0.3) is 0 Å². The lowest BCUT2D eigenvalue weighted by Crippen LogP contribution is -2.20. The summed E-state index contributed by atoms with van der Waals surface area (Å²) in [6.45, 7) is 1.54. The lowest BCUT2D eigenvalue weighted by Gasteiger charge is -2.25. The van der Waals surface area contributed by atoms with Crippen LogP contribution in [0.3, 0.4) is 0 Å². The first kappa shape index (κ1) is 18.6. The smallest absolute Gasteiger partial charge is 0.220 e. The van der Waals surface area contributed by atoms with Gasteiger partial charge in [0.1, 0.15) is 11.6 Å². The maximum absolute atomic E-state index is 6.05. The van der Waals surface area contributed by atoms with Gasteiger partial charge in [-0.25, -0.2) is 15.0 Å². The molecule has 0 amide bonds. The molecule has 0 spiro atoms. The first-order chi connectivity index (χ1) is 14.5. The summed E-state index contributed by atoms with van der Waals surface area (Å²) in [4.78, 5) is 18.8. The van der Waals surface area contributed by atoms with E-state index in [0.29, 0.717) is 6.61 Å². The molecule has 3 N–H and O–H groups in total. The molecule has 1 atom stereocenters. The van der Waals surface area contributed by atoms with E-state index in [4.69, 9.17) is 15.5 Å². The summed E-state index contributed by atoms with van der Waals surface area (Å²) in [5.41, 5.74) is 11.9. The Morgan fingerprint density at radius 2 is 2.03 bits per heavy atom. The Morgan fingerprint density at radius 1 is 1.13 bits per heavy atom.